The molecule has 0 aliphatic heterocycles. The molecule has 0 unspecified atom stereocenters. The second kappa shape index (κ2) is 5.49. The number of aromatic nitrogens is 2. The summed E-state index contributed by atoms with van der Waals surface area (Å²) in [6, 6.07) is 1.65. The second-order valence-electron chi connectivity index (χ2n) is 4.08. The normalized spacial score (nSPS) is 10.5. The molecule has 0 atom stereocenters. The van der Waals surface area contributed by atoms with Gasteiger partial charge in [0.1, 0.15) is 11.5 Å². The average molecular weight is 314 g/mol. The van der Waals surface area contributed by atoms with Crippen molar-refractivity contribution in [2.24, 2.45) is 0 Å². The van der Waals surface area contributed by atoms with Crippen molar-refractivity contribution in [3.05, 3.63) is 50.5 Å². The summed E-state index contributed by atoms with van der Waals surface area (Å²) in [5.74, 6) is -1.99. The Labute approximate surface area is 123 Å². The number of carbonyl (C=O) groups excluding carboxylic acids is 1. The summed E-state index contributed by atoms with van der Waals surface area (Å²) in [7, 11) is 1.08. The number of nitro groups is 1. The Balaban J connectivity index is 2.72. The van der Waals surface area contributed by atoms with E-state index in [-0.39, 0.29) is 10.7 Å². The molecule has 0 aliphatic carbocycles. The summed E-state index contributed by atoms with van der Waals surface area (Å²) >= 11 is 5.85. The topological polar surface area (TPSA) is 87.3 Å². The van der Waals surface area contributed by atoms with Gasteiger partial charge in [-0.2, -0.15) is 5.10 Å². The molecule has 1 aromatic heterocycles. The van der Waals surface area contributed by atoms with Crippen molar-refractivity contribution >= 4 is 23.3 Å². The number of methoxy groups -OCH3 is 1. The van der Waals surface area contributed by atoms with Crippen molar-refractivity contribution in [3.8, 4) is 5.69 Å². The predicted molar refractivity (Wildman–Crippen MR) is 71.3 cm³/mol. The first-order valence-electron chi connectivity index (χ1n) is 5.63. The van der Waals surface area contributed by atoms with Crippen LogP contribution in [0.15, 0.2) is 18.3 Å². The van der Waals surface area contributed by atoms with E-state index in [9.17, 15) is 19.3 Å². The quantitative estimate of drug-likeness (QED) is 0.494. The molecule has 2 aromatic rings. The van der Waals surface area contributed by atoms with Crippen molar-refractivity contribution in [1.82, 2.24) is 9.78 Å². The highest BCUT2D eigenvalue weighted by molar-refractivity contribution is 6.31. The number of esters is 1. The smallest absolute Gasteiger partial charge is 0.340 e. The zero-order valence-electron chi connectivity index (χ0n) is 11.0. The molecule has 9 heteroatoms. The second-order valence-corrected chi connectivity index (χ2v) is 4.48. The molecule has 0 saturated carbocycles. The van der Waals surface area contributed by atoms with Gasteiger partial charge in [0.15, 0.2) is 0 Å². The van der Waals surface area contributed by atoms with Crippen LogP contribution in [-0.4, -0.2) is 27.8 Å². The lowest BCUT2D eigenvalue weighted by Gasteiger charge is -2.07. The molecular weight excluding hydrogens is 305 g/mol. The van der Waals surface area contributed by atoms with Gasteiger partial charge in [-0.1, -0.05) is 11.6 Å². The van der Waals surface area contributed by atoms with Gasteiger partial charge in [0.05, 0.1) is 34.4 Å². The van der Waals surface area contributed by atoms with Crippen molar-refractivity contribution < 1.29 is 18.8 Å². The zero-order chi connectivity index (χ0) is 15.7. The van der Waals surface area contributed by atoms with E-state index in [1.54, 1.807) is 6.92 Å². The first-order valence-corrected chi connectivity index (χ1v) is 6.01. The third kappa shape index (κ3) is 2.70. The number of rotatable bonds is 3. The number of aryl methyl sites for hydroxylation is 1. The van der Waals surface area contributed by atoms with Crippen LogP contribution in [0.1, 0.15) is 16.1 Å². The van der Waals surface area contributed by atoms with Crippen molar-refractivity contribution in [2.75, 3.05) is 7.11 Å². The van der Waals surface area contributed by atoms with E-state index in [1.807, 2.05) is 0 Å². The molecule has 7 nitrogen and oxygen atoms in total. The maximum absolute atomic E-state index is 13.8. The number of halogens is 2. The molecule has 0 spiro atoms. The van der Waals surface area contributed by atoms with Gasteiger partial charge >= 0.3 is 5.97 Å². The SMILES string of the molecule is COC(=O)c1cc(-n2cc(Cl)c(C)n2)c([N+](=O)[O-])cc1F. The van der Waals surface area contributed by atoms with E-state index in [4.69, 9.17) is 11.6 Å². The lowest BCUT2D eigenvalue weighted by Crippen LogP contribution is -2.09. The van der Waals surface area contributed by atoms with Crippen LogP contribution in [0.2, 0.25) is 5.02 Å². The number of ether oxygens (including phenoxy) is 1. The molecule has 110 valence electrons. The molecule has 2 rings (SSSR count). The fourth-order valence-corrected chi connectivity index (χ4v) is 1.84. The highest BCUT2D eigenvalue weighted by Gasteiger charge is 2.24. The van der Waals surface area contributed by atoms with Gasteiger partial charge in [-0.15, -0.1) is 0 Å². The molecule has 1 heterocycles. The van der Waals surface area contributed by atoms with E-state index in [2.05, 4.69) is 9.84 Å². The summed E-state index contributed by atoms with van der Waals surface area (Å²) in [5, 5.41) is 15.3. The molecular formula is C12H9ClFN3O4. The van der Waals surface area contributed by atoms with Crippen LogP contribution in [0.4, 0.5) is 10.1 Å². The van der Waals surface area contributed by atoms with E-state index >= 15 is 0 Å². The summed E-state index contributed by atoms with van der Waals surface area (Å²) in [6.45, 7) is 1.61. The lowest BCUT2D eigenvalue weighted by molar-refractivity contribution is -0.384. The minimum atomic E-state index is -1.05. The van der Waals surface area contributed by atoms with E-state index in [1.165, 1.54) is 6.20 Å². The maximum Gasteiger partial charge on any atom is 0.340 e. The standard InChI is InChI=1S/C12H9ClFN3O4/c1-6-8(13)5-16(15-6)10-3-7(12(18)21-2)9(14)4-11(10)17(19)20/h3-5H,1-2H3. The Bertz CT molecular complexity index is 725. The van der Waals surface area contributed by atoms with Gasteiger partial charge < -0.3 is 4.74 Å². The van der Waals surface area contributed by atoms with Crippen molar-refractivity contribution in [3.63, 3.8) is 0 Å². The lowest BCUT2D eigenvalue weighted by atomic mass is 10.1. The Hall–Kier alpha value is -2.48. The van der Waals surface area contributed by atoms with Crippen LogP contribution in [0.25, 0.3) is 5.69 Å². The monoisotopic (exact) mass is 313 g/mol. The summed E-state index contributed by atoms with van der Waals surface area (Å²) < 4.78 is 19.3. The predicted octanol–water partition coefficient (Wildman–Crippen LogP) is 2.67. The van der Waals surface area contributed by atoms with Crippen molar-refractivity contribution in [1.29, 1.82) is 0 Å². The third-order valence-corrected chi connectivity index (χ3v) is 3.12. The number of hydrogen-bond acceptors (Lipinski definition) is 5. The molecule has 0 saturated heterocycles. The van der Waals surface area contributed by atoms with Gasteiger partial charge in [0.2, 0.25) is 0 Å². The van der Waals surface area contributed by atoms with Gasteiger partial charge in [0.25, 0.3) is 5.69 Å². The Morgan fingerprint density at radius 2 is 2.19 bits per heavy atom. The third-order valence-electron chi connectivity index (χ3n) is 2.75. The molecule has 0 fully saturated rings. The molecule has 0 radical (unpaired) electrons. The van der Waals surface area contributed by atoms with Gasteiger partial charge in [-0.05, 0) is 13.0 Å². The number of nitro benzene ring substituents is 1. The maximum atomic E-state index is 13.8. The van der Waals surface area contributed by atoms with E-state index in [0.717, 1.165) is 17.9 Å². The molecule has 0 N–H and O–H groups in total. The largest absolute Gasteiger partial charge is 0.465 e. The average Bonchev–Trinajstić information content (AvgIpc) is 2.77. The van der Waals surface area contributed by atoms with Crippen molar-refractivity contribution in [2.45, 2.75) is 6.92 Å². The summed E-state index contributed by atoms with van der Waals surface area (Å²) in [4.78, 5) is 21.7. The molecule has 0 bridgehead atoms. The Morgan fingerprint density at radius 3 is 2.67 bits per heavy atom. The van der Waals surface area contributed by atoms with Gasteiger partial charge in [-0.25, -0.2) is 13.9 Å². The molecule has 0 aliphatic rings. The van der Waals surface area contributed by atoms with Crippen LogP contribution in [-0.2, 0) is 4.74 Å². The fourth-order valence-electron chi connectivity index (χ4n) is 1.71. The highest BCUT2D eigenvalue weighted by atomic mass is 35.5. The minimum Gasteiger partial charge on any atom is -0.465 e. The van der Waals surface area contributed by atoms with E-state index < -0.39 is 28.0 Å². The van der Waals surface area contributed by atoms with Gasteiger partial charge in [0, 0.05) is 6.20 Å². The van der Waals surface area contributed by atoms with Crippen LogP contribution >= 0.6 is 11.6 Å². The number of benzene rings is 1. The number of carbonyl (C=O) groups is 1. The molecule has 0 amide bonds. The molecule has 1 aromatic carbocycles. The summed E-state index contributed by atoms with van der Waals surface area (Å²) in [5.41, 5.74) is -0.617. The fraction of sp³-hybridized carbons (Fsp3) is 0.167. The van der Waals surface area contributed by atoms with Crippen LogP contribution < -0.4 is 0 Å². The number of hydrogen-bond donors (Lipinski definition) is 0. The minimum absolute atomic E-state index is 0.0863. The number of nitrogens with zero attached hydrogens (tertiary/aromatic N) is 3. The van der Waals surface area contributed by atoms with Crippen LogP contribution in [0, 0.1) is 22.9 Å². The zero-order valence-corrected chi connectivity index (χ0v) is 11.7. The highest BCUT2D eigenvalue weighted by Crippen LogP contribution is 2.28. The van der Waals surface area contributed by atoms with Gasteiger partial charge in [-0.3, -0.25) is 10.1 Å². The van der Waals surface area contributed by atoms with Crippen LogP contribution in [0.5, 0.6) is 0 Å². The Kier molecular flexibility index (Phi) is 3.90. The first-order chi connectivity index (χ1) is 9.85. The van der Waals surface area contributed by atoms with E-state index in [0.29, 0.717) is 11.8 Å². The first kappa shape index (κ1) is 14.9. The summed E-state index contributed by atoms with van der Waals surface area (Å²) in [6.07, 6.45) is 1.33. The Morgan fingerprint density at radius 1 is 1.52 bits per heavy atom. The van der Waals surface area contributed by atoms with Crippen LogP contribution in [0.3, 0.4) is 0 Å². The molecule has 21 heavy (non-hydrogen) atoms.